The Balaban J connectivity index is 2.11. The van der Waals surface area contributed by atoms with Gasteiger partial charge in [0.25, 0.3) is 0 Å². The van der Waals surface area contributed by atoms with Crippen LogP contribution in [0.25, 0.3) is 0 Å². The van der Waals surface area contributed by atoms with Gasteiger partial charge >= 0.3 is 5.97 Å². The van der Waals surface area contributed by atoms with Gasteiger partial charge in [0.15, 0.2) is 0 Å². The third-order valence-electron chi connectivity index (χ3n) is 1.95. The number of oxazole rings is 1. The smallest absolute Gasteiger partial charge is 0.373 e. The monoisotopic (exact) mass is 214 g/mol. The van der Waals surface area contributed by atoms with Crippen LogP contribution in [0.5, 0.6) is 0 Å². The molecule has 1 aromatic heterocycles. The maximum absolute atomic E-state index is 10.5. The average Bonchev–Trinajstić information content (AvgIpc) is 2.68. The lowest BCUT2D eigenvalue weighted by molar-refractivity contribution is 0.0659. The van der Waals surface area contributed by atoms with E-state index >= 15 is 0 Å². The second kappa shape index (κ2) is 4.02. The zero-order valence-corrected chi connectivity index (χ0v) is 8.21. The van der Waals surface area contributed by atoms with Crippen LogP contribution in [0.2, 0.25) is 0 Å². The largest absolute Gasteiger partial charge is 0.475 e. The zero-order valence-electron chi connectivity index (χ0n) is 7.40. The van der Waals surface area contributed by atoms with Gasteiger partial charge in [-0.25, -0.2) is 9.78 Å². The summed E-state index contributed by atoms with van der Waals surface area (Å²) in [7, 11) is 0. The second-order valence-electron chi connectivity index (χ2n) is 2.95. The van der Waals surface area contributed by atoms with Crippen molar-refractivity contribution in [2.75, 3.05) is 18.1 Å². The number of nitrogens with one attached hydrogen (secondary N) is 1. The molecule has 0 saturated carbocycles. The van der Waals surface area contributed by atoms with E-state index < -0.39 is 5.97 Å². The Morgan fingerprint density at radius 1 is 1.79 bits per heavy atom. The molecule has 0 spiro atoms. The van der Waals surface area contributed by atoms with Crippen molar-refractivity contribution in [2.45, 2.75) is 6.04 Å². The van der Waals surface area contributed by atoms with Gasteiger partial charge in [0.2, 0.25) is 11.7 Å². The van der Waals surface area contributed by atoms with Crippen LogP contribution >= 0.6 is 11.8 Å². The maximum Gasteiger partial charge on any atom is 0.373 e. The quantitative estimate of drug-likeness (QED) is 0.756. The van der Waals surface area contributed by atoms with Gasteiger partial charge in [-0.15, -0.1) is 0 Å². The van der Waals surface area contributed by atoms with E-state index in [1.807, 2.05) is 0 Å². The van der Waals surface area contributed by atoms with E-state index in [2.05, 4.69) is 10.3 Å². The van der Waals surface area contributed by atoms with Crippen LogP contribution in [0, 0.1) is 0 Å². The van der Waals surface area contributed by atoms with Gasteiger partial charge in [0.1, 0.15) is 0 Å². The van der Waals surface area contributed by atoms with E-state index in [0.717, 1.165) is 18.1 Å². The van der Waals surface area contributed by atoms with Crippen LogP contribution in [0.4, 0.5) is 0 Å². The van der Waals surface area contributed by atoms with Crippen molar-refractivity contribution in [2.24, 2.45) is 0 Å². The molecule has 2 heterocycles. The molecule has 1 atom stereocenters. The number of thioether (sulfide) groups is 1. The first-order chi connectivity index (χ1) is 6.77. The van der Waals surface area contributed by atoms with Crippen LogP contribution in [-0.2, 0) is 0 Å². The van der Waals surface area contributed by atoms with Crippen molar-refractivity contribution in [3.8, 4) is 0 Å². The summed E-state index contributed by atoms with van der Waals surface area (Å²) in [6, 6.07) is 0.0434. The van der Waals surface area contributed by atoms with E-state index in [0.29, 0.717) is 5.89 Å². The third-order valence-corrected chi connectivity index (χ3v) is 3.02. The van der Waals surface area contributed by atoms with E-state index in [1.54, 1.807) is 11.8 Å². The Bertz CT molecular complexity index is 333. The number of aromatic carboxylic acids is 1. The van der Waals surface area contributed by atoms with Crippen LogP contribution in [0.1, 0.15) is 22.5 Å². The summed E-state index contributed by atoms with van der Waals surface area (Å²) in [5, 5.41) is 11.9. The van der Waals surface area contributed by atoms with Gasteiger partial charge in [0, 0.05) is 18.1 Å². The van der Waals surface area contributed by atoms with Gasteiger partial charge in [-0.1, -0.05) is 0 Å². The molecule has 1 aromatic rings. The van der Waals surface area contributed by atoms with Crippen molar-refractivity contribution in [1.82, 2.24) is 10.3 Å². The maximum atomic E-state index is 10.5. The Morgan fingerprint density at radius 3 is 3.21 bits per heavy atom. The molecule has 2 rings (SSSR count). The highest BCUT2D eigenvalue weighted by Crippen LogP contribution is 2.21. The molecule has 76 valence electrons. The van der Waals surface area contributed by atoms with Gasteiger partial charge in [0.05, 0.1) is 12.2 Å². The molecule has 14 heavy (non-hydrogen) atoms. The molecule has 0 amide bonds. The molecule has 0 aromatic carbocycles. The number of hydrogen-bond donors (Lipinski definition) is 2. The van der Waals surface area contributed by atoms with Crippen molar-refractivity contribution < 1.29 is 14.3 Å². The summed E-state index contributed by atoms with van der Waals surface area (Å²) >= 11 is 1.81. The lowest BCUT2D eigenvalue weighted by Crippen LogP contribution is -2.30. The van der Waals surface area contributed by atoms with Gasteiger partial charge in [-0.2, -0.15) is 11.8 Å². The van der Waals surface area contributed by atoms with Crippen LogP contribution in [0.15, 0.2) is 10.6 Å². The molecule has 1 unspecified atom stereocenters. The minimum absolute atomic E-state index is 0.0434. The highest BCUT2D eigenvalue weighted by Gasteiger charge is 2.21. The molecular weight excluding hydrogens is 204 g/mol. The third kappa shape index (κ3) is 1.91. The summed E-state index contributed by atoms with van der Waals surface area (Å²) in [6.07, 6.45) is 1.25. The normalized spacial score (nSPS) is 22.1. The average molecular weight is 214 g/mol. The van der Waals surface area contributed by atoms with Crippen molar-refractivity contribution in [3.05, 3.63) is 17.8 Å². The van der Waals surface area contributed by atoms with Crippen molar-refractivity contribution >= 4 is 17.7 Å². The molecule has 1 aliphatic rings. The van der Waals surface area contributed by atoms with Crippen molar-refractivity contribution in [3.63, 3.8) is 0 Å². The molecule has 2 N–H and O–H groups in total. The lowest BCUT2D eigenvalue weighted by atomic mass is 10.3. The summed E-state index contributed by atoms with van der Waals surface area (Å²) in [4.78, 5) is 14.5. The number of carboxylic acid groups (broad SMARTS) is 1. The molecule has 1 aliphatic heterocycles. The highest BCUT2D eigenvalue weighted by molar-refractivity contribution is 7.99. The molecular formula is C8H10N2O3S. The Labute approximate surface area is 84.9 Å². The summed E-state index contributed by atoms with van der Waals surface area (Å²) < 4.78 is 5.10. The minimum atomic E-state index is -1.08. The van der Waals surface area contributed by atoms with Crippen LogP contribution in [-0.4, -0.2) is 34.1 Å². The Morgan fingerprint density at radius 2 is 2.64 bits per heavy atom. The molecule has 0 bridgehead atoms. The fourth-order valence-corrected chi connectivity index (χ4v) is 2.20. The first-order valence-corrected chi connectivity index (χ1v) is 5.43. The molecule has 0 aliphatic carbocycles. The van der Waals surface area contributed by atoms with Crippen molar-refractivity contribution in [1.29, 1.82) is 0 Å². The predicted molar refractivity (Wildman–Crippen MR) is 51.5 cm³/mol. The SMILES string of the molecule is O=C(O)c1cnc(C2CSCCN2)o1. The van der Waals surface area contributed by atoms with Crippen LogP contribution in [0.3, 0.4) is 0 Å². The number of rotatable bonds is 2. The molecule has 5 nitrogen and oxygen atoms in total. The number of aromatic nitrogens is 1. The minimum Gasteiger partial charge on any atom is -0.475 e. The molecule has 1 fully saturated rings. The fraction of sp³-hybridized carbons (Fsp3) is 0.500. The Hall–Kier alpha value is -1.01. The Kier molecular flexibility index (Phi) is 2.74. The number of carboxylic acids is 1. The first-order valence-electron chi connectivity index (χ1n) is 4.27. The van der Waals surface area contributed by atoms with E-state index in [1.165, 1.54) is 6.20 Å². The fourth-order valence-electron chi connectivity index (χ4n) is 1.27. The standard InChI is InChI=1S/C8H10N2O3S/c11-8(12)6-3-10-7(13-6)5-4-14-2-1-9-5/h3,5,9H,1-2,4H2,(H,11,12). The highest BCUT2D eigenvalue weighted by atomic mass is 32.2. The van der Waals surface area contributed by atoms with Crippen LogP contribution < -0.4 is 5.32 Å². The first kappa shape index (κ1) is 9.54. The van der Waals surface area contributed by atoms with E-state index in [-0.39, 0.29) is 11.8 Å². The van der Waals surface area contributed by atoms with E-state index in [4.69, 9.17) is 9.52 Å². The zero-order chi connectivity index (χ0) is 9.97. The van der Waals surface area contributed by atoms with E-state index in [9.17, 15) is 4.79 Å². The van der Waals surface area contributed by atoms with Gasteiger partial charge < -0.3 is 14.8 Å². The molecule has 6 heteroatoms. The number of hydrogen-bond acceptors (Lipinski definition) is 5. The number of carbonyl (C=O) groups is 1. The topological polar surface area (TPSA) is 75.4 Å². The van der Waals surface area contributed by atoms with Gasteiger partial charge in [-0.3, -0.25) is 0 Å². The predicted octanol–water partition coefficient (Wildman–Crippen LogP) is 0.750. The summed E-state index contributed by atoms with van der Waals surface area (Å²) in [5.74, 6) is 1.24. The number of nitrogens with zero attached hydrogens (tertiary/aromatic N) is 1. The second-order valence-corrected chi connectivity index (χ2v) is 4.10. The lowest BCUT2D eigenvalue weighted by Gasteiger charge is -2.19. The summed E-state index contributed by atoms with van der Waals surface area (Å²) in [5.41, 5.74) is 0. The molecule has 1 saturated heterocycles. The van der Waals surface area contributed by atoms with Gasteiger partial charge in [-0.05, 0) is 0 Å². The molecule has 0 radical (unpaired) electrons. The summed E-state index contributed by atoms with van der Waals surface area (Å²) in [6.45, 7) is 0.903.